The van der Waals surface area contributed by atoms with E-state index >= 15 is 0 Å². The van der Waals surface area contributed by atoms with Crippen LogP contribution in [-0.2, 0) is 4.74 Å². The smallest absolute Gasteiger partial charge is 0.410 e. The highest BCUT2D eigenvalue weighted by Crippen LogP contribution is 2.34. The second-order valence-corrected chi connectivity index (χ2v) is 16.9. The fourth-order valence-electron chi connectivity index (χ4n) is 7.66. The van der Waals surface area contributed by atoms with E-state index in [2.05, 4.69) is 25.9 Å². The number of aromatic carboxylic acids is 2. The molecule has 0 saturated carbocycles. The zero-order valence-corrected chi connectivity index (χ0v) is 37.0. The summed E-state index contributed by atoms with van der Waals surface area (Å²) in [7, 11) is 0. The number of anilines is 4. The number of aromatic nitrogens is 2. The number of carbonyl (C=O) groups is 5. The summed E-state index contributed by atoms with van der Waals surface area (Å²) in [5, 5.41) is 30.4. The number of piperazine rings is 2. The summed E-state index contributed by atoms with van der Waals surface area (Å²) in [5.41, 5.74) is 5.74. The number of hydrogen-bond acceptors (Lipinski definition) is 11. The third-order valence-corrected chi connectivity index (χ3v) is 11.0. The Balaban J connectivity index is 0.000000220. The van der Waals surface area contributed by atoms with Crippen molar-refractivity contribution >= 4 is 74.4 Å². The van der Waals surface area contributed by atoms with Gasteiger partial charge in [-0.15, -0.1) is 0 Å². The number of hydrogen-bond donors (Lipinski definition) is 5. The van der Waals surface area contributed by atoms with E-state index in [4.69, 9.17) is 4.74 Å². The van der Waals surface area contributed by atoms with Crippen molar-refractivity contribution in [2.24, 2.45) is 0 Å². The molecule has 0 bridgehead atoms. The normalized spacial score (nSPS) is 13.8. The van der Waals surface area contributed by atoms with Gasteiger partial charge in [0, 0.05) is 75.5 Å². The first kappa shape index (κ1) is 47.9. The molecule has 344 valence electrons. The number of ether oxygens (including phenoxy) is 1. The fraction of sp³-hybridized carbons (Fsp3) is 0.300. The molecule has 2 aliphatic rings. The maximum absolute atomic E-state index is 13.7. The Bertz CT molecular complexity index is 2790. The largest absolute Gasteiger partial charge is 0.478 e. The van der Waals surface area contributed by atoms with Crippen LogP contribution in [0.3, 0.4) is 0 Å². The second-order valence-electron chi connectivity index (χ2n) is 16.9. The number of para-hydroxylation sites is 2. The van der Waals surface area contributed by atoms with Crippen LogP contribution < -0.4 is 16.0 Å². The zero-order valence-electron chi connectivity index (χ0n) is 37.0. The number of carboxylic acids is 2. The number of benzene rings is 4. The molecule has 5 N–H and O–H groups in total. The summed E-state index contributed by atoms with van der Waals surface area (Å²) >= 11 is 0. The Labute approximate surface area is 383 Å². The molecule has 66 heavy (non-hydrogen) atoms. The number of carboxylic acid groups (broad SMARTS) is 2. The van der Waals surface area contributed by atoms with Crippen molar-refractivity contribution in [3.05, 3.63) is 131 Å². The number of carbonyl (C=O) groups excluding carboxylic acids is 3. The van der Waals surface area contributed by atoms with Gasteiger partial charge in [-0.3, -0.25) is 19.6 Å². The molecule has 0 radical (unpaired) electrons. The lowest BCUT2D eigenvalue weighted by Crippen LogP contribution is -2.51. The number of fused-ring (bicyclic) bond motifs is 2. The Kier molecular flexibility index (Phi) is 14.9. The molecule has 2 aliphatic heterocycles. The number of rotatable bonds is 8. The van der Waals surface area contributed by atoms with E-state index in [1.165, 1.54) is 18.3 Å². The lowest BCUT2D eigenvalue weighted by atomic mass is 10.0. The quantitative estimate of drug-likeness (QED) is 0.0975. The molecule has 2 aromatic heterocycles. The molecule has 2 saturated heterocycles. The van der Waals surface area contributed by atoms with Gasteiger partial charge in [-0.2, -0.15) is 0 Å². The monoisotopic (exact) mass is 896 g/mol. The maximum Gasteiger partial charge on any atom is 0.410 e. The van der Waals surface area contributed by atoms with Crippen LogP contribution in [0, 0.1) is 13.8 Å². The summed E-state index contributed by atoms with van der Waals surface area (Å²) < 4.78 is 5.45. The minimum absolute atomic E-state index is 0. The molecule has 16 nitrogen and oxygen atoms in total. The number of nitrogens with one attached hydrogen (secondary N) is 3. The average molecular weight is 897 g/mol. The van der Waals surface area contributed by atoms with Gasteiger partial charge in [0.1, 0.15) is 5.60 Å². The highest BCUT2D eigenvalue weighted by Gasteiger charge is 2.30. The van der Waals surface area contributed by atoms with Gasteiger partial charge >= 0.3 is 18.0 Å². The number of nitrogens with zero attached hydrogens (tertiary/aromatic N) is 5. The van der Waals surface area contributed by atoms with Crippen LogP contribution in [0.2, 0.25) is 0 Å². The van der Waals surface area contributed by atoms with Crippen molar-refractivity contribution in [3.8, 4) is 0 Å². The Morgan fingerprint density at radius 1 is 0.591 bits per heavy atom. The van der Waals surface area contributed by atoms with E-state index in [1.54, 1.807) is 57.3 Å². The van der Waals surface area contributed by atoms with E-state index in [1.807, 2.05) is 71.0 Å². The van der Waals surface area contributed by atoms with Crippen LogP contribution in [0.25, 0.3) is 21.8 Å². The lowest BCUT2D eigenvalue weighted by molar-refractivity contribution is 0.0140. The summed E-state index contributed by atoms with van der Waals surface area (Å²) in [6, 6.07) is 24.8. The van der Waals surface area contributed by atoms with Crippen molar-refractivity contribution in [1.29, 1.82) is 0 Å². The van der Waals surface area contributed by atoms with Gasteiger partial charge in [0.05, 0.1) is 56.0 Å². The lowest BCUT2D eigenvalue weighted by Gasteiger charge is -2.35. The highest BCUT2D eigenvalue weighted by molar-refractivity contribution is 6.10. The van der Waals surface area contributed by atoms with Gasteiger partial charge in [0.15, 0.2) is 0 Å². The first-order chi connectivity index (χ1) is 31.1. The van der Waals surface area contributed by atoms with E-state index < -0.39 is 23.6 Å². The highest BCUT2D eigenvalue weighted by atomic mass is 16.6. The third kappa shape index (κ3) is 11.0. The van der Waals surface area contributed by atoms with Crippen molar-refractivity contribution < 1.29 is 38.9 Å². The molecule has 0 spiro atoms. The van der Waals surface area contributed by atoms with Crippen LogP contribution in [0.15, 0.2) is 97.3 Å². The van der Waals surface area contributed by atoms with Gasteiger partial charge in [-0.25, -0.2) is 14.4 Å². The molecule has 2 fully saturated rings. The van der Waals surface area contributed by atoms with Crippen molar-refractivity contribution in [1.82, 2.24) is 30.0 Å². The molecule has 4 aromatic carbocycles. The number of amides is 3. The van der Waals surface area contributed by atoms with Crippen LogP contribution in [-0.4, -0.2) is 123 Å². The van der Waals surface area contributed by atoms with Crippen LogP contribution in [0.4, 0.5) is 27.5 Å². The summed E-state index contributed by atoms with van der Waals surface area (Å²) in [4.78, 5) is 76.8. The van der Waals surface area contributed by atoms with E-state index in [0.717, 1.165) is 35.1 Å². The second kappa shape index (κ2) is 20.5. The molecule has 0 atom stereocenters. The fourth-order valence-corrected chi connectivity index (χ4v) is 7.66. The first-order valence-electron chi connectivity index (χ1n) is 21.3. The first-order valence-corrected chi connectivity index (χ1v) is 21.3. The summed E-state index contributed by atoms with van der Waals surface area (Å²) in [5.74, 6) is -2.46. The topological polar surface area (TPSA) is 207 Å². The van der Waals surface area contributed by atoms with Gasteiger partial charge in [-0.1, -0.05) is 55.0 Å². The van der Waals surface area contributed by atoms with Crippen LogP contribution >= 0.6 is 0 Å². The number of aryl methyl sites for hydroxylation is 2. The molecule has 0 aliphatic carbocycles. The zero-order chi connectivity index (χ0) is 46.4. The van der Waals surface area contributed by atoms with Crippen LogP contribution in [0.1, 0.15) is 80.8 Å². The molecular formula is C50H56N8O8. The predicted octanol–water partition coefficient (Wildman–Crippen LogP) is 8.34. The Hall–Kier alpha value is -7.59. The molecule has 16 heteroatoms. The molecule has 6 aromatic rings. The molecule has 0 unspecified atom stereocenters. The minimum atomic E-state index is -1.07. The van der Waals surface area contributed by atoms with E-state index in [0.29, 0.717) is 84.0 Å². The molecule has 3 amide bonds. The van der Waals surface area contributed by atoms with Crippen molar-refractivity contribution in [3.63, 3.8) is 0 Å². The molecule has 4 heterocycles. The number of pyridine rings is 2. The van der Waals surface area contributed by atoms with Crippen molar-refractivity contribution in [2.75, 3.05) is 63.0 Å². The van der Waals surface area contributed by atoms with Gasteiger partial charge < -0.3 is 45.6 Å². The third-order valence-electron chi connectivity index (χ3n) is 11.0. The molecule has 8 rings (SSSR count). The Morgan fingerprint density at radius 3 is 1.42 bits per heavy atom. The minimum Gasteiger partial charge on any atom is -0.478 e. The van der Waals surface area contributed by atoms with Gasteiger partial charge in [-0.05, 0) is 83.1 Å². The van der Waals surface area contributed by atoms with E-state index in [9.17, 15) is 34.2 Å². The summed E-state index contributed by atoms with van der Waals surface area (Å²) in [6.07, 6.45) is 2.70. The van der Waals surface area contributed by atoms with Gasteiger partial charge in [0.25, 0.3) is 11.8 Å². The standard InChI is InChI=1S/C27H30N4O5.C22H22N4O3.CH4/c1-17-9-10-21-19(15-17)23(29-22-8-6-5-7-18(22)25(33)34)20(16-28-21)24(32)30-11-13-31(14-12-30)26(35)36-27(2,3)4;1-14-6-7-18-16(12-14)20(25-19-5-3-2-4-15(19)22(28)29)17(13-24-18)21(27)26-10-8-23-9-11-26;/h5-10,15-16H,11-14H2,1-4H3,(H,28,29)(H,33,34);2-7,12-13,23H,8-11H2,1H3,(H,24,25)(H,28,29);1H4. The SMILES string of the molecule is C.Cc1ccc2ncc(C(=O)N3CCN(C(=O)OC(C)(C)C)CC3)c(Nc3ccccc3C(=O)O)c2c1.Cc1ccc2ncc(C(=O)N3CCNCC3)c(Nc3ccccc3C(=O)O)c2c1. The van der Waals surface area contributed by atoms with E-state index in [-0.39, 0.29) is 30.4 Å². The maximum atomic E-state index is 13.7. The van der Waals surface area contributed by atoms with Gasteiger partial charge in [0.2, 0.25) is 0 Å². The summed E-state index contributed by atoms with van der Waals surface area (Å²) in [6.45, 7) is 13.5. The van der Waals surface area contributed by atoms with Crippen LogP contribution in [0.5, 0.6) is 0 Å². The predicted molar refractivity (Wildman–Crippen MR) is 256 cm³/mol. The average Bonchev–Trinajstić information content (AvgIpc) is 3.29. The van der Waals surface area contributed by atoms with Crippen molar-refractivity contribution in [2.45, 2.75) is 47.6 Å². The molecular weight excluding hydrogens is 841 g/mol. The Morgan fingerprint density at radius 2 is 1.00 bits per heavy atom.